The van der Waals surface area contributed by atoms with Crippen LogP contribution in [-0.4, -0.2) is 49.1 Å². The van der Waals surface area contributed by atoms with E-state index in [0.717, 1.165) is 22.3 Å². The molecule has 1 amide bonds. The van der Waals surface area contributed by atoms with Gasteiger partial charge in [-0.1, -0.05) is 42.0 Å². The summed E-state index contributed by atoms with van der Waals surface area (Å²) in [5, 5.41) is 0. The van der Waals surface area contributed by atoms with Gasteiger partial charge in [0.15, 0.2) is 13.2 Å². The van der Waals surface area contributed by atoms with Crippen molar-refractivity contribution in [3.8, 4) is 5.75 Å². The van der Waals surface area contributed by atoms with E-state index in [2.05, 4.69) is 0 Å². The molecule has 1 heterocycles. The number of methoxy groups -OCH3 is 1. The van der Waals surface area contributed by atoms with Crippen LogP contribution in [0.25, 0.3) is 0 Å². The number of hydrogen-bond acceptors (Lipinski definition) is 6. The molecule has 30 heavy (non-hydrogen) atoms. The summed E-state index contributed by atoms with van der Waals surface area (Å²) >= 11 is 0. The summed E-state index contributed by atoms with van der Waals surface area (Å²) in [5.74, 6) is -1.03. The molecule has 2 aromatic rings. The number of rotatable bonds is 6. The Balaban J connectivity index is 1.58. The molecule has 1 aliphatic rings. The monoisotopic (exact) mass is 411 g/mol. The zero-order valence-corrected chi connectivity index (χ0v) is 17.3. The van der Waals surface area contributed by atoms with Gasteiger partial charge in [0.1, 0.15) is 11.8 Å². The van der Waals surface area contributed by atoms with Crippen LogP contribution in [0.1, 0.15) is 22.3 Å². The Labute approximate surface area is 175 Å². The molecule has 7 nitrogen and oxygen atoms in total. The van der Waals surface area contributed by atoms with E-state index < -0.39 is 30.5 Å². The SMILES string of the molecule is COC(=O)[C@@H]1Cc2ccccc2CN1C(=O)COC(=O)COc1ccc(C)cc1C. The maximum atomic E-state index is 12.7. The average molecular weight is 411 g/mol. The molecule has 158 valence electrons. The van der Waals surface area contributed by atoms with E-state index in [4.69, 9.17) is 14.2 Å². The Morgan fingerprint density at radius 3 is 2.47 bits per heavy atom. The molecule has 2 aromatic carbocycles. The van der Waals surface area contributed by atoms with Gasteiger partial charge in [-0.2, -0.15) is 0 Å². The van der Waals surface area contributed by atoms with Crippen LogP contribution in [0, 0.1) is 13.8 Å². The largest absolute Gasteiger partial charge is 0.482 e. The molecule has 0 fully saturated rings. The van der Waals surface area contributed by atoms with Crippen LogP contribution in [0.3, 0.4) is 0 Å². The van der Waals surface area contributed by atoms with Crippen LogP contribution in [-0.2, 0) is 36.8 Å². The lowest BCUT2D eigenvalue weighted by Gasteiger charge is -2.35. The lowest BCUT2D eigenvalue weighted by molar-refractivity contribution is -0.160. The number of fused-ring (bicyclic) bond motifs is 1. The van der Waals surface area contributed by atoms with E-state index in [0.29, 0.717) is 12.2 Å². The lowest BCUT2D eigenvalue weighted by atomic mass is 9.94. The van der Waals surface area contributed by atoms with Crippen molar-refractivity contribution < 1.29 is 28.6 Å². The number of aryl methyl sites for hydroxylation is 2. The van der Waals surface area contributed by atoms with Crippen molar-refractivity contribution in [3.05, 3.63) is 64.7 Å². The second-order valence-electron chi connectivity index (χ2n) is 7.25. The Morgan fingerprint density at radius 2 is 1.77 bits per heavy atom. The molecule has 0 N–H and O–H groups in total. The summed E-state index contributed by atoms with van der Waals surface area (Å²) in [4.78, 5) is 38.3. The quantitative estimate of drug-likeness (QED) is 0.679. The summed E-state index contributed by atoms with van der Waals surface area (Å²) in [7, 11) is 1.29. The Morgan fingerprint density at radius 1 is 1.03 bits per heavy atom. The third kappa shape index (κ3) is 4.97. The van der Waals surface area contributed by atoms with Gasteiger partial charge in [0.2, 0.25) is 0 Å². The first-order chi connectivity index (χ1) is 14.4. The van der Waals surface area contributed by atoms with Gasteiger partial charge in [0.25, 0.3) is 5.91 Å². The van der Waals surface area contributed by atoms with Gasteiger partial charge in [-0.05, 0) is 36.6 Å². The molecule has 0 bridgehead atoms. The first-order valence-corrected chi connectivity index (χ1v) is 9.68. The fourth-order valence-electron chi connectivity index (χ4n) is 3.50. The van der Waals surface area contributed by atoms with Crippen molar-refractivity contribution in [2.24, 2.45) is 0 Å². The van der Waals surface area contributed by atoms with Crippen LogP contribution < -0.4 is 4.74 Å². The van der Waals surface area contributed by atoms with Gasteiger partial charge < -0.3 is 19.1 Å². The van der Waals surface area contributed by atoms with Crippen molar-refractivity contribution >= 4 is 17.8 Å². The van der Waals surface area contributed by atoms with E-state index in [1.165, 1.54) is 12.0 Å². The summed E-state index contributed by atoms with van der Waals surface area (Å²) < 4.78 is 15.4. The molecular formula is C23H25NO6. The Bertz CT molecular complexity index is 954. The lowest BCUT2D eigenvalue weighted by Crippen LogP contribution is -2.50. The number of carbonyl (C=O) groups excluding carboxylic acids is 3. The molecule has 0 aromatic heterocycles. The fourth-order valence-corrected chi connectivity index (χ4v) is 3.50. The van der Waals surface area contributed by atoms with Gasteiger partial charge in [-0.3, -0.25) is 4.79 Å². The topological polar surface area (TPSA) is 82.1 Å². The Kier molecular flexibility index (Phi) is 6.72. The number of benzene rings is 2. The van der Waals surface area contributed by atoms with Gasteiger partial charge in [0, 0.05) is 13.0 Å². The highest BCUT2D eigenvalue weighted by Gasteiger charge is 2.35. The second-order valence-corrected chi connectivity index (χ2v) is 7.25. The number of carbonyl (C=O) groups is 3. The maximum absolute atomic E-state index is 12.7. The van der Waals surface area contributed by atoms with Crippen molar-refractivity contribution in [2.75, 3.05) is 20.3 Å². The van der Waals surface area contributed by atoms with Crippen molar-refractivity contribution in [1.82, 2.24) is 4.90 Å². The third-order valence-corrected chi connectivity index (χ3v) is 5.07. The number of nitrogens with zero attached hydrogens (tertiary/aromatic N) is 1. The molecule has 1 aliphatic heterocycles. The van der Waals surface area contributed by atoms with Crippen molar-refractivity contribution in [2.45, 2.75) is 32.9 Å². The highest BCUT2D eigenvalue weighted by Crippen LogP contribution is 2.24. The van der Waals surface area contributed by atoms with E-state index in [1.807, 2.05) is 50.2 Å². The number of hydrogen-bond donors (Lipinski definition) is 0. The number of ether oxygens (including phenoxy) is 3. The number of esters is 2. The highest BCUT2D eigenvalue weighted by atomic mass is 16.6. The molecule has 0 unspecified atom stereocenters. The molecule has 0 aliphatic carbocycles. The molecule has 0 radical (unpaired) electrons. The minimum atomic E-state index is -0.748. The fraction of sp³-hybridized carbons (Fsp3) is 0.348. The van der Waals surface area contributed by atoms with Crippen LogP contribution >= 0.6 is 0 Å². The molecule has 0 spiro atoms. The summed E-state index contributed by atoms with van der Waals surface area (Å²) in [6.07, 6.45) is 0.359. The normalized spacial score (nSPS) is 15.2. The summed E-state index contributed by atoms with van der Waals surface area (Å²) in [6.45, 7) is 3.34. The molecule has 7 heteroatoms. The van der Waals surface area contributed by atoms with Crippen LogP contribution in [0.2, 0.25) is 0 Å². The smallest absolute Gasteiger partial charge is 0.344 e. The minimum absolute atomic E-state index is 0.255. The average Bonchev–Trinajstić information content (AvgIpc) is 2.75. The first-order valence-electron chi connectivity index (χ1n) is 9.68. The second kappa shape index (κ2) is 9.43. The van der Waals surface area contributed by atoms with Crippen molar-refractivity contribution in [1.29, 1.82) is 0 Å². The van der Waals surface area contributed by atoms with E-state index >= 15 is 0 Å². The predicted molar refractivity (Wildman–Crippen MR) is 109 cm³/mol. The zero-order chi connectivity index (χ0) is 21.7. The molecular weight excluding hydrogens is 386 g/mol. The summed E-state index contributed by atoms with van der Waals surface area (Å²) in [5.41, 5.74) is 3.95. The van der Waals surface area contributed by atoms with Gasteiger partial charge >= 0.3 is 11.9 Å². The molecule has 0 saturated carbocycles. The third-order valence-electron chi connectivity index (χ3n) is 5.07. The predicted octanol–water partition coefficient (Wildman–Crippen LogP) is 2.35. The standard InChI is InChI=1S/C23H25NO6/c1-15-8-9-20(16(2)10-15)29-14-22(26)30-13-21(25)24-12-18-7-5-4-6-17(18)11-19(24)23(27)28-3/h4-10,19H,11-14H2,1-3H3/t19-/m0/s1. The van der Waals surface area contributed by atoms with Gasteiger partial charge in [0.05, 0.1) is 7.11 Å². The molecule has 1 atom stereocenters. The van der Waals surface area contributed by atoms with Crippen molar-refractivity contribution in [3.63, 3.8) is 0 Å². The minimum Gasteiger partial charge on any atom is -0.482 e. The Hall–Kier alpha value is -3.35. The van der Waals surface area contributed by atoms with Gasteiger partial charge in [-0.15, -0.1) is 0 Å². The van der Waals surface area contributed by atoms with Crippen LogP contribution in [0.15, 0.2) is 42.5 Å². The first kappa shape index (κ1) is 21.4. The van der Waals surface area contributed by atoms with E-state index in [9.17, 15) is 14.4 Å². The highest BCUT2D eigenvalue weighted by molar-refractivity contribution is 5.87. The zero-order valence-electron chi connectivity index (χ0n) is 17.3. The van der Waals surface area contributed by atoms with Gasteiger partial charge in [-0.25, -0.2) is 9.59 Å². The maximum Gasteiger partial charge on any atom is 0.344 e. The molecule has 3 rings (SSSR count). The van der Waals surface area contributed by atoms with E-state index in [1.54, 1.807) is 6.07 Å². The van der Waals surface area contributed by atoms with Crippen LogP contribution in [0.5, 0.6) is 5.75 Å². The molecule has 0 saturated heterocycles. The number of amides is 1. The van der Waals surface area contributed by atoms with E-state index in [-0.39, 0.29) is 13.2 Å². The summed E-state index contributed by atoms with van der Waals surface area (Å²) in [6, 6.07) is 12.5. The van der Waals surface area contributed by atoms with Crippen LogP contribution in [0.4, 0.5) is 0 Å².